The molecule has 0 aliphatic rings. The van der Waals surface area contributed by atoms with E-state index in [1.54, 1.807) is 12.3 Å². The number of aliphatic hydroxyl groups is 1. The van der Waals surface area contributed by atoms with Crippen LogP contribution in [0.2, 0.25) is 5.02 Å². The van der Waals surface area contributed by atoms with E-state index in [0.717, 1.165) is 5.56 Å². The third kappa shape index (κ3) is 1.87. The number of aromatic nitrogens is 1. The summed E-state index contributed by atoms with van der Waals surface area (Å²) in [5.74, 6) is 0.483. The van der Waals surface area contributed by atoms with Gasteiger partial charge in [-0.1, -0.05) is 11.6 Å². The molecule has 3 nitrogen and oxygen atoms in total. The van der Waals surface area contributed by atoms with Crippen LogP contribution < -0.4 is 4.74 Å². The number of rotatable bonds is 3. The average Bonchev–Trinajstić information content (AvgIpc) is 2.09. The zero-order valence-electron chi connectivity index (χ0n) is 6.75. The Morgan fingerprint density at radius 2 is 2.42 bits per heavy atom. The van der Waals surface area contributed by atoms with E-state index in [0.29, 0.717) is 17.3 Å². The maximum absolute atomic E-state index is 8.72. The van der Waals surface area contributed by atoms with Crippen molar-refractivity contribution in [3.05, 3.63) is 22.8 Å². The Kier molecular flexibility index (Phi) is 3.31. The van der Waals surface area contributed by atoms with Crippen LogP contribution in [0.3, 0.4) is 0 Å². The van der Waals surface area contributed by atoms with E-state index >= 15 is 0 Å². The first-order valence-corrected chi connectivity index (χ1v) is 3.95. The molecule has 0 unspecified atom stereocenters. The lowest BCUT2D eigenvalue weighted by Crippen LogP contribution is -1.98. The third-order valence-corrected chi connectivity index (χ3v) is 1.87. The summed E-state index contributed by atoms with van der Waals surface area (Å²) in [7, 11) is 1.53. The monoisotopic (exact) mass is 187 g/mol. The van der Waals surface area contributed by atoms with Crippen molar-refractivity contribution in [1.82, 2.24) is 4.98 Å². The van der Waals surface area contributed by atoms with Crippen molar-refractivity contribution < 1.29 is 9.84 Å². The third-order valence-electron chi connectivity index (χ3n) is 1.51. The molecule has 66 valence electrons. The van der Waals surface area contributed by atoms with Gasteiger partial charge in [0.1, 0.15) is 0 Å². The van der Waals surface area contributed by atoms with E-state index in [-0.39, 0.29) is 6.61 Å². The van der Waals surface area contributed by atoms with Gasteiger partial charge in [-0.2, -0.15) is 0 Å². The molecule has 0 saturated heterocycles. The van der Waals surface area contributed by atoms with E-state index in [9.17, 15) is 0 Å². The van der Waals surface area contributed by atoms with Crippen LogP contribution in [-0.2, 0) is 6.42 Å². The van der Waals surface area contributed by atoms with E-state index in [1.807, 2.05) is 0 Å². The molecule has 0 fully saturated rings. The number of nitrogens with zero attached hydrogens (tertiary/aromatic N) is 1. The minimum atomic E-state index is 0.0434. The van der Waals surface area contributed by atoms with Crippen LogP contribution in [0.4, 0.5) is 0 Å². The summed E-state index contributed by atoms with van der Waals surface area (Å²) in [6, 6.07) is 1.68. The molecule has 0 aromatic carbocycles. The SMILES string of the molecule is COc1nccc(Cl)c1CCO. The molecular formula is C8H10ClNO2. The Balaban J connectivity index is 3.02. The van der Waals surface area contributed by atoms with Crippen molar-refractivity contribution >= 4 is 11.6 Å². The number of halogens is 1. The molecule has 0 radical (unpaired) electrons. The van der Waals surface area contributed by atoms with Gasteiger partial charge >= 0.3 is 0 Å². The Morgan fingerprint density at radius 3 is 3.00 bits per heavy atom. The molecule has 4 heteroatoms. The minimum Gasteiger partial charge on any atom is -0.481 e. The molecule has 1 N–H and O–H groups in total. The van der Waals surface area contributed by atoms with E-state index in [2.05, 4.69) is 4.98 Å². The van der Waals surface area contributed by atoms with Crippen molar-refractivity contribution in [2.75, 3.05) is 13.7 Å². The quantitative estimate of drug-likeness (QED) is 0.775. The second kappa shape index (κ2) is 4.28. The molecule has 0 amide bonds. The second-order valence-corrected chi connectivity index (χ2v) is 2.66. The highest BCUT2D eigenvalue weighted by Gasteiger charge is 2.07. The number of pyridine rings is 1. The van der Waals surface area contributed by atoms with Gasteiger partial charge in [0.25, 0.3) is 0 Å². The van der Waals surface area contributed by atoms with Crippen molar-refractivity contribution in [3.8, 4) is 5.88 Å². The fourth-order valence-corrected chi connectivity index (χ4v) is 1.20. The topological polar surface area (TPSA) is 42.4 Å². The zero-order valence-corrected chi connectivity index (χ0v) is 7.51. The van der Waals surface area contributed by atoms with E-state index in [1.165, 1.54) is 7.11 Å². The standard InChI is InChI=1S/C8H10ClNO2/c1-12-8-6(3-5-11)7(9)2-4-10-8/h2,4,11H,3,5H2,1H3. The number of methoxy groups -OCH3 is 1. The highest BCUT2D eigenvalue weighted by Crippen LogP contribution is 2.23. The zero-order chi connectivity index (χ0) is 8.97. The lowest BCUT2D eigenvalue weighted by molar-refractivity contribution is 0.296. The van der Waals surface area contributed by atoms with Crippen molar-refractivity contribution in [2.45, 2.75) is 6.42 Å². The molecule has 1 rings (SSSR count). The number of aliphatic hydroxyl groups excluding tert-OH is 1. The molecule has 1 aromatic rings. The lowest BCUT2D eigenvalue weighted by Gasteiger charge is -2.06. The van der Waals surface area contributed by atoms with Gasteiger partial charge in [0.2, 0.25) is 5.88 Å². The molecule has 0 atom stereocenters. The van der Waals surface area contributed by atoms with Gasteiger partial charge in [-0.05, 0) is 6.07 Å². The Labute approximate surface area is 76.0 Å². The van der Waals surface area contributed by atoms with Crippen molar-refractivity contribution in [1.29, 1.82) is 0 Å². The first-order valence-electron chi connectivity index (χ1n) is 3.57. The molecule has 0 bridgehead atoms. The average molecular weight is 188 g/mol. The fraction of sp³-hybridized carbons (Fsp3) is 0.375. The molecule has 0 spiro atoms. The molecule has 12 heavy (non-hydrogen) atoms. The van der Waals surface area contributed by atoms with Gasteiger partial charge in [-0.25, -0.2) is 4.98 Å². The predicted molar refractivity (Wildman–Crippen MR) is 46.6 cm³/mol. The highest BCUT2D eigenvalue weighted by molar-refractivity contribution is 6.31. The molecular weight excluding hydrogens is 178 g/mol. The summed E-state index contributed by atoms with van der Waals surface area (Å²) >= 11 is 5.86. The number of hydrogen-bond acceptors (Lipinski definition) is 3. The summed E-state index contributed by atoms with van der Waals surface area (Å²) in [6.07, 6.45) is 2.04. The predicted octanol–water partition coefficient (Wildman–Crippen LogP) is 1.28. The first-order chi connectivity index (χ1) is 5.79. The smallest absolute Gasteiger partial charge is 0.217 e. The van der Waals surface area contributed by atoms with E-state index in [4.69, 9.17) is 21.4 Å². The molecule has 0 aliphatic carbocycles. The van der Waals surface area contributed by atoms with Crippen molar-refractivity contribution in [2.24, 2.45) is 0 Å². The van der Waals surface area contributed by atoms with Crippen LogP contribution >= 0.6 is 11.6 Å². The number of ether oxygens (including phenoxy) is 1. The highest BCUT2D eigenvalue weighted by atomic mass is 35.5. The summed E-state index contributed by atoms with van der Waals surface area (Å²) in [5, 5.41) is 9.30. The van der Waals surface area contributed by atoms with Gasteiger partial charge in [-0.15, -0.1) is 0 Å². The van der Waals surface area contributed by atoms with Gasteiger partial charge in [0.05, 0.1) is 12.1 Å². The van der Waals surface area contributed by atoms with Gasteiger partial charge in [-0.3, -0.25) is 0 Å². The molecule has 0 aliphatic heterocycles. The Morgan fingerprint density at radius 1 is 1.67 bits per heavy atom. The largest absolute Gasteiger partial charge is 0.481 e. The normalized spacial score (nSPS) is 9.92. The van der Waals surface area contributed by atoms with Crippen molar-refractivity contribution in [3.63, 3.8) is 0 Å². The second-order valence-electron chi connectivity index (χ2n) is 2.25. The van der Waals surface area contributed by atoms with E-state index < -0.39 is 0 Å². The summed E-state index contributed by atoms with van der Waals surface area (Å²) < 4.78 is 4.97. The van der Waals surface area contributed by atoms with Crippen LogP contribution in [0.15, 0.2) is 12.3 Å². The minimum absolute atomic E-state index is 0.0434. The summed E-state index contributed by atoms with van der Waals surface area (Å²) in [5.41, 5.74) is 0.754. The lowest BCUT2D eigenvalue weighted by atomic mass is 10.2. The molecule has 1 aromatic heterocycles. The van der Waals surface area contributed by atoms with Gasteiger partial charge in [0.15, 0.2) is 0 Å². The van der Waals surface area contributed by atoms with Crippen LogP contribution in [0.5, 0.6) is 5.88 Å². The maximum Gasteiger partial charge on any atom is 0.217 e. The summed E-state index contributed by atoms with van der Waals surface area (Å²) in [4.78, 5) is 3.96. The molecule has 0 saturated carbocycles. The Hall–Kier alpha value is -0.800. The Bertz CT molecular complexity index is 265. The summed E-state index contributed by atoms with van der Waals surface area (Å²) in [6.45, 7) is 0.0434. The fourth-order valence-electron chi connectivity index (χ4n) is 0.965. The van der Waals surface area contributed by atoms with Gasteiger partial charge < -0.3 is 9.84 Å². The van der Waals surface area contributed by atoms with Crippen LogP contribution in [-0.4, -0.2) is 23.8 Å². The maximum atomic E-state index is 8.72. The van der Waals surface area contributed by atoms with Gasteiger partial charge in [0, 0.05) is 24.8 Å². The van der Waals surface area contributed by atoms with Crippen LogP contribution in [0.25, 0.3) is 0 Å². The first kappa shape index (κ1) is 9.29. The number of hydrogen-bond donors (Lipinski definition) is 1. The van der Waals surface area contributed by atoms with Crippen LogP contribution in [0, 0.1) is 0 Å². The van der Waals surface area contributed by atoms with Crippen LogP contribution in [0.1, 0.15) is 5.56 Å². The molecule has 1 heterocycles.